The Kier molecular flexibility index (Phi) is 8.91. The highest BCUT2D eigenvalue weighted by Crippen LogP contribution is 2.18. The minimum Gasteiger partial charge on any atom is -0.465 e. The zero-order valence-corrected chi connectivity index (χ0v) is 15.6. The third kappa shape index (κ3) is 7.43. The molecule has 0 aliphatic rings. The van der Waals surface area contributed by atoms with Crippen molar-refractivity contribution in [1.29, 1.82) is 0 Å². The molecular weight excluding hydrogens is 356 g/mol. The van der Waals surface area contributed by atoms with Gasteiger partial charge in [-0.3, -0.25) is 24.5 Å². The molecule has 1 rings (SSSR count). The van der Waals surface area contributed by atoms with E-state index in [1.54, 1.807) is 26.0 Å². The van der Waals surface area contributed by atoms with E-state index in [4.69, 9.17) is 9.47 Å². The van der Waals surface area contributed by atoms with E-state index in [0.717, 1.165) is 0 Å². The molecule has 0 radical (unpaired) electrons. The van der Waals surface area contributed by atoms with Gasteiger partial charge in [-0.15, -0.1) is 0 Å². The molecule has 0 heterocycles. The molecule has 0 spiro atoms. The molecule has 0 aromatic heterocycles. The van der Waals surface area contributed by atoms with Crippen LogP contribution >= 0.6 is 0 Å². The third-order valence-electron chi connectivity index (χ3n) is 3.70. The normalized spacial score (nSPS) is 11.6. The second-order valence-corrected chi connectivity index (χ2v) is 5.82. The lowest BCUT2D eigenvalue weighted by molar-refractivity contribution is -0.384. The van der Waals surface area contributed by atoms with Gasteiger partial charge in [0.15, 0.2) is 5.92 Å². The maximum absolute atomic E-state index is 12.1. The van der Waals surface area contributed by atoms with Gasteiger partial charge in [0.2, 0.25) is 5.91 Å². The lowest BCUT2D eigenvalue weighted by Gasteiger charge is -2.22. The summed E-state index contributed by atoms with van der Waals surface area (Å²) < 4.78 is 9.88. The maximum Gasteiger partial charge on any atom is 0.320 e. The Hall–Kier alpha value is -2.97. The van der Waals surface area contributed by atoms with Gasteiger partial charge in [0, 0.05) is 25.1 Å². The van der Waals surface area contributed by atoms with Crippen LogP contribution in [0.15, 0.2) is 24.3 Å². The van der Waals surface area contributed by atoms with Gasteiger partial charge in [0.25, 0.3) is 5.69 Å². The lowest BCUT2D eigenvalue weighted by atomic mass is 9.94. The standard InChI is InChI=1S/C18H24N2O7/c1-4-26-17(22)16(18(23)27-5-2)11-14(19-12(3)21)10-13-6-8-15(9-7-13)20(24)25/h6-9,14,16H,4-5,10-11H2,1-3H3,(H,19,21). The first kappa shape index (κ1) is 22.1. The Bertz CT molecular complexity index is 655. The van der Waals surface area contributed by atoms with Crippen LogP contribution in [0.4, 0.5) is 5.69 Å². The van der Waals surface area contributed by atoms with Crippen LogP contribution in [0.5, 0.6) is 0 Å². The molecule has 1 unspecified atom stereocenters. The van der Waals surface area contributed by atoms with Crippen molar-refractivity contribution >= 4 is 23.5 Å². The van der Waals surface area contributed by atoms with Gasteiger partial charge < -0.3 is 14.8 Å². The molecule has 1 amide bonds. The number of amides is 1. The van der Waals surface area contributed by atoms with E-state index < -0.39 is 28.8 Å². The predicted molar refractivity (Wildman–Crippen MR) is 95.8 cm³/mol. The fourth-order valence-corrected chi connectivity index (χ4v) is 2.58. The topological polar surface area (TPSA) is 125 Å². The molecule has 9 heteroatoms. The van der Waals surface area contributed by atoms with Crippen molar-refractivity contribution in [2.75, 3.05) is 13.2 Å². The Morgan fingerprint density at radius 1 is 1.07 bits per heavy atom. The molecule has 148 valence electrons. The lowest BCUT2D eigenvalue weighted by Crippen LogP contribution is -2.40. The number of ether oxygens (including phenoxy) is 2. The van der Waals surface area contributed by atoms with Crippen molar-refractivity contribution < 1.29 is 28.8 Å². The van der Waals surface area contributed by atoms with E-state index in [0.29, 0.717) is 5.56 Å². The van der Waals surface area contributed by atoms with Crippen LogP contribution in [0.2, 0.25) is 0 Å². The van der Waals surface area contributed by atoms with Gasteiger partial charge in [-0.05, 0) is 32.3 Å². The van der Waals surface area contributed by atoms with Crippen LogP contribution in [-0.2, 0) is 30.3 Å². The van der Waals surface area contributed by atoms with Crippen molar-refractivity contribution in [2.24, 2.45) is 5.92 Å². The molecular formula is C18H24N2O7. The Labute approximate surface area is 157 Å². The van der Waals surface area contributed by atoms with Crippen LogP contribution in [0, 0.1) is 16.0 Å². The van der Waals surface area contributed by atoms with E-state index in [-0.39, 0.29) is 37.6 Å². The molecule has 27 heavy (non-hydrogen) atoms. The first-order chi connectivity index (χ1) is 12.8. The summed E-state index contributed by atoms with van der Waals surface area (Å²) in [4.78, 5) is 46.0. The second kappa shape index (κ2) is 10.9. The monoisotopic (exact) mass is 380 g/mol. The molecule has 0 fully saturated rings. The SMILES string of the molecule is CCOC(=O)C(CC(Cc1ccc([N+](=O)[O-])cc1)NC(C)=O)C(=O)OCC. The molecule has 0 saturated heterocycles. The minimum atomic E-state index is -1.17. The van der Waals surface area contributed by atoms with Crippen molar-refractivity contribution in [3.05, 3.63) is 39.9 Å². The first-order valence-corrected chi connectivity index (χ1v) is 8.62. The molecule has 0 aliphatic carbocycles. The van der Waals surface area contributed by atoms with Gasteiger partial charge in [-0.2, -0.15) is 0 Å². The number of rotatable bonds is 10. The molecule has 0 aliphatic heterocycles. The number of nitro groups is 1. The van der Waals surface area contributed by atoms with Crippen LogP contribution < -0.4 is 5.32 Å². The Balaban J connectivity index is 2.97. The number of nitro benzene ring substituents is 1. The highest BCUT2D eigenvalue weighted by atomic mass is 16.6. The van der Waals surface area contributed by atoms with Crippen molar-refractivity contribution in [3.8, 4) is 0 Å². The number of non-ortho nitro benzene ring substituents is 1. The smallest absolute Gasteiger partial charge is 0.320 e. The summed E-state index contributed by atoms with van der Waals surface area (Å²) in [5.74, 6) is -2.92. The summed E-state index contributed by atoms with van der Waals surface area (Å²) in [5, 5.41) is 13.4. The van der Waals surface area contributed by atoms with Gasteiger partial charge in [-0.1, -0.05) is 12.1 Å². The number of esters is 2. The number of nitrogens with zero attached hydrogens (tertiary/aromatic N) is 1. The summed E-state index contributed by atoms with van der Waals surface area (Å²) in [5.41, 5.74) is 0.663. The molecule has 0 bridgehead atoms. The van der Waals surface area contributed by atoms with Crippen LogP contribution in [0.3, 0.4) is 0 Å². The third-order valence-corrected chi connectivity index (χ3v) is 3.70. The predicted octanol–water partition coefficient (Wildman–Crippen LogP) is 1.77. The fraction of sp³-hybridized carbons (Fsp3) is 0.500. The summed E-state index contributed by atoms with van der Waals surface area (Å²) in [7, 11) is 0. The highest BCUT2D eigenvalue weighted by Gasteiger charge is 2.32. The summed E-state index contributed by atoms with van der Waals surface area (Å²) in [6.07, 6.45) is 0.279. The van der Waals surface area contributed by atoms with Gasteiger partial charge in [-0.25, -0.2) is 0 Å². The van der Waals surface area contributed by atoms with Gasteiger partial charge >= 0.3 is 11.9 Å². The second-order valence-electron chi connectivity index (χ2n) is 5.82. The van der Waals surface area contributed by atoms with Gasteiger partial charge in [0.05, 0.1) is 18.1 Å². The van der Waals surface area contributed by atoms with Crippen LogP contribution in [-0.4, -0.2) is 42.0 Å². The van der Waals surface area contributed by atoms with E-state index in [2.05, 4.69) is 5.32 Å². The number of benzene rings is 1. The van der Waals surface area contributed by atoms with Crippen molar-refractivity contribution in [1.82, 2.24) is 5.32 Å². The number of carbonyl (C=O) groups is 3. The summed E-state index contributed by atoms with van der Waals surface area (Å²) in [6.45, 7) is 4.81. The zero-order chi connectivity index (χ0) is 20.4. The van der Waals surface area contributed by atoms with Crippen molar-refractivity contribution in [2.45, 2.75) is 39.7 Å². The molecule has 9 nitrogen and oxygen atoms in total. The maximum atomic E-state index is 12.1. The Morgan fingerprint density at radius 3 is 2.00 bits per heavy atom. The van der Waals surface area contributed by atoms with Crippen LogP contribution in [0.1, 0.15) is 32.8 Å². The Morgan fingerprint density at radius 2 is 1.59 bits per heavy atom. The van der Waals surface area contributed by atoms with Crippen molar-refractivity contribution in [3.63, 3.8) is 0 Å². The molecule has 1 aromatic carbocycles. The summed E-state index contributed by atoms with van der Waals surface area (Å²) >= 11 is 0. The first-order valence-electron chi connectivity index (χ1n) is 8.62. The number of carbonyl (C=O) groups excluding carboxylic acids is 3. The number of hydrogen-bond donors (Lipinski definition) is 1. The minimum absolute atomic E-state index is 0.00572. The summed E-state index contributed by atoms with van der Waals surface area (Å²) in [6, 6.07) is 5.29. The molecule has 1 N–H and O–H groups in total. The highest BCUT2D eigenvalue weighted by molar-refractivity contribution is 5.95. The molecule has 1 aromatic rings. The number of nitrogens with one attached hydrogen (secondary N) is 1. The number of hydrogen-bond acceptors (Lipinski definition) is 7. The fourth-order valence-electron chi connectivity index (χ4n) is 2.58. The molecule has 0 saturated carbocycles. The molecule has 1 atom stereocenters. The quantitative estimate of drug-likeness (QED) is 0.284. The van der Waals surface area contributed by atoms with E-state index >= 15 is 0 Å². The zero-order valence-electron chi connectivity index (χ0n) is 15.6. The van der Waals surface area contributed by atoms with Crippen LogP contribution in [0.25, 0.3) is 0 Å². The largest absolute Gasteiger partial charge is 0.465 e. The average Bonchev–Trinajstić information content (AvgIpc) is 2.59. The van der Waals surface area contributed by atoms with E-state index in [9.17, 15) is 24.5 Å². The van der Waals surface area contributed by atoms with E-state index in [1.807, 2.05) is 0 Å². The van der Waals surface area contributed by atoms with Gasteiger partial charge in [0.1, 0.15) is 0 Å². The average molecular weight is 380 g/mol. The van der Waals surface area contributed by atoms with E-state index in [1.165, 1.54) is 19.1 Å².